The van der Waals surface area contributed by atoms with Crippen molar-refractivity contribution in [3.05, 3.63) is 59.1 Å². The van der Waals surface area contributed by atoms with Crippen molar-refractivity contribution in [1.29, 1.82) is 0 Å². The van der Waals surface area contributed by atoms with Gasteiger partial charge in [-0.2, -0.15) is 8.78 Å². The number of ketones is 1. The molecule has 1 unspecified atom stereocenters. The van der Waals surface area contributed by atoms with Gasteiger partial charge in [-0.1, -0.05) is 37.3 Å². The number of hydrogen-bond acceptors (Lipinski definition) is 8. The second-order valence-electron chi connectivity index (χ2n) is 7.38. The lowest BCUT2D eigenvalue weighted by atomic mass is 10.1. The number of amides is 1. The second-order valence-corrected chi connectivity index (χ2v) is 10.5. The zero-order valence-corrected chi connectivity index (χ0v) is 19.6. The molecule has 0 aliphatic rings. The molecular weight excluding hydrogens is 490 g/mol. The summed E-state index contributed by atoms with van der Waals surface area (Å²) in [6, 6.07) is 11.5. The number of thiazole rings is 1. The van der Waals surface area contributed by atoms with E-state index >= 15 is 0 Å². The maximum Gasteiger partial charge on any atom is 0.387 e. The van der Waals surface area contributed by atoms with Crippen LogP contribution in [0.25, 0.3) is 10.2 Å². The lowest BCUT2D eigenvalue weighted by Gasteiger charge is -2.18. The topological polar surface area (TPSA) is 123 Å². The van der Waals surface area contributed by atoms with Gasteiger partial charge in [0, 0.05) is 5.56 Å². The Morgan fingerprint density at radius 1 is 1.15 bits per heavy atom. The number of Topliss-reactive ketones (excluding diaryl/α,β-unsaturated/α-hetero) is 1. The van der Waals surface area contributed by atoms with Crippen LogP contribution in [0, 0.1) is 0 Å². The monoisotopic (exact) mass is 512 g/mol. The van der Waals surface area contributed by atoms with E-state index in [4.69, 9.17) is 0 Å². The number of rotatable bonds is 11. The number of aliphatic hydroxyl groups is 1. The summed E-state index contributed by atoms with van der Waals surface area (Å²) in [5.74, 6) is -3.49. The first kappa shape index (κ1) is 25.7. The van der Waals surface area contributed by atoms with Crippen molar-refractivity contribution in [1.82, 2.24) is 10.3 Å². The molecule has 0 fully saturated rings. The maximum atomic E-state index is 12.8. The number of sulfone groups is 1. The zero-order valence-electron chi connectivity index (χ0n) is 18.0. The molecular formula is C22H22F2N2O6S2. The number of nitrogens with zero attached hydrogens (tertiary/aromatic N) is 1. The number of nitrogens with one attached hydrogen (secondary N) is 1. The van der Waals surface area contributed by atoms with E-state index in [1.54, 1.807) is 19.1 Å². The van der Waals surface area contributed by atoms with Gasteiger partial charge in [0.15, 0.2) is 14.8 Å². The summed E-state index contributed by atoms with van der Waals surface area (Å²) in [6.07, 6.45) is -1.77. The minimum absolute atomic E-state index is 0.0344. The summed E-state index contributed by atoms with van der Waals surface area (Å²) in [6.45, 7) is -1.49. The molecule has 2 N–H and O–H groups in total. The van der Waals surface area contributed by atoms with Crippen molar-refractivity contribution < 1.29 is 36.6 Å². The number of aromatic nitrogens is 1. The van der Waals surface area contributed by atoms with Crippen molar-refractivity contribution in [3.63, 3.8) is 0 Å². The molecule has 2 aromatic carbocycles. The third-order valence-corrected chi connectivity index (χ3v) is 7.45. The van der Waals surface area contributed by atoms with Crippen molar-refractivity contribution in [2.24, 2.45) is 0 Å². The van der Waals surface area contributed by atoms with Gasteiger partial charge >= 0.3 is 6.61 Å². The molecule has 0 saturated carbocycles. The van der Waals surface area contributed by atoms with Gasteiger partial charge in [0.25, 0.3) is 0 Å². The predicted molar refractivity (Wildman–Crippen MR) is 123 cm³/mol. The van der Waals surface area contributed by atoms with E-state index < -0.39 is 51.8 Å². The Hall–Kier alpha value is -2.96. The molecule has 2 atom stereocenters. The number of para-hydroxylation sites is 2. The summed E-state index contributed by atoms with van der Waals surface area (Å²) in [5, 5.41) is 12.7. The fraction of sp³-hybridized carbons (Fsp3) is 0.318. The Morgan fingerprint density at radius 2 is 1.82 bits per heavy atom. The smallest absolute Gasteiger partial charge is 0.387 e. The van der Waals surface area contributed by atoms with Crippen LogP contribution in [0.15, 0.2) is 48.5 Å². The minimum atomic E-state index is -4.10. The molecule has 1 heterocycles. The maximum absolute atomic E-state index is 12.8. The van der Waals surface area contributed by atoms with Gasteiger partial charge in [-0.3, -0.25) is 9.59 Å². The summed E-state index contributed by atoms with van der Waals surface area (Å²) >= 11 is 1.17. The fourth-order valence-corrected chi connectivity index (χ4v) is 5.62. The largest absolute Gasteiger partial charge is 0.435 e. The Kier molecular flexibility index (Phi) is 8.28. The third-order valence-electron chi connectivity index (χ3n) is 4.82. The van der Waals surface area contributed by atoms with Crippen LogP contribution in [0.4, 0.5) is 8.78 Å². The van der Waals surface area contributed by atoms with Crippen LogP contribution in [0.3, 0.4) is 0 Å². The number of aliphatic hydroxyl groups excluding tert-OH is 1. The van der Waals surface area contributed by atoms with E-state index in [0.29, 0.717) is 5.52 Å². The second kappa shape index (κ2) is 11.0. The molecule has 1 amide bonds. The van der Waals surface area contributed by atoms with E-state index in [0.717, 1.165) is 4.70 Å². The Balaban J connectivity index is 1.65. The molecule has 34 heavy (non-hydrogen) atoms. The molecule has 0 spiro atoms. The molecule has 0 saturated heterocycles. The highest BCUT2D eigenvalue weighted by molar-refractivity contribution is 7.90. The van der Waals surface area contributed by atoms with Crippen molar-refractivity contribution >= 4 is 43.1 Å². The molecule has 0 radical (unpaired) electrons. The van der Waals surface area contributed by atoms with Crippen molar-refractivity contribution in [3.8, 4) is 5.75 Å². The number of alkyl halides is 2. The number of fused-ring (bicyclic) bond motifs is 1. The molecule has 1 aromatic heterocycles. The van der Waals surface area contributed by atoms with Gasteiger partial charge in [0.2, 0.25) is 11.7 Å². The first-order chi connectivity index (χ1) is 16.1. The van der Waals surface area contributed by atoms with Gasteiger partial charge in [-0.05, 0) is 24.6 Å². The van der Waals surface area contributed by atoms with Crippen molar-refractivity contribution in [2.75, 3.05) is 5.75 Å². The van der Waals surface area contributed by atoms with Crippen LogP contribution < -0.4 is 10.1 Å². The highest BCUT2D eigenvalue weighted by atomic mass is 32.2. The number of carbonyl (C=O) groups excluding carboxylic acids is 2. The Bertz CT molecular complexity index is 1250. The normalized spacial score (nSPS) is 13.6. The molecule has 182 valence electrons. The predicted octanol–water partition coefficient (Wildman–Crippen LogP) is 2.95. The molecule has 0 aliphatic heterocycles. The van der Waals surface area contributed by atoms with E-state index in [2.05, 4.69) is 15.0 Å². The van der Waals surface area contributed by atoms with E-state index in [-0.39, 0.29) is 22.7 Å². The van der Waals surface area contributed by atoms with Gasteiger partial charge in [-0.15, -0.1) is 11.3 Å². The first-order valence-electron chi connectivity index (χ1n) is 10.2. The van der Waals surface area contributed by atoms with Crippen LogP contribution >= 0.6 is 11.3 Å². The highest BCUT2D eigenvalue weighted by Gasteiger charge is 2.29. The van der Waals surface area contributed by atoms with Crippen LogP contribution in [0.5, 0.6) is 5.75 Å². The number of ether oxygens (including phenoxy) is 1. The van der Waals surface area contributed by atoms with E-state index in [9.17, 15) is 31.9 Å². The molecule has 3 rings (SSSR count). The van der Waals surface area contributed by atoms with Gasteiger partial charge in [0.05, 0.1) is 27.8 Å². The van der Waals surface area contributed by atoms with E-state index in [1.807, 2.05) is 12.1 Å². The van der Waals surface area contributed by atoms with Crippen LogP contribution in [-0.4, -0.2) is 54.7 Å². The lowest BCUT2D eigenvalue weighted by molar-refractivity contribution is -0.128. The summed E-state index contributed by atoms with van der Waals surface area (Å²) in [5.41, 5.74) is 0.604. The molecule has 0 bridgehead atoms. The molecule has 0 aliphatic carbocycles. The fourth-order valence-electron chi connectivity index (χ4n) is 3.19. The van der Waals surface area contributed by atoms with E-state index in [1.165, 1.54) is 35.6 Å². The van der Waals surface area contributed by atoms with Crippen LogP contribution in [-0.2, 0) is 20.4 Å². The zero-order chi connectivity index (χ0) is 24.9. The average molecular weight is 513 g/mol. The summed E-state index contributed by atoms with van der Waals surface area (Å²) in [7, 11) is -4.10. The Labute approximate surface area is 198 Å². The first-order valence-corrected chi connectivity index (χ1v) is 12.8. The summed E-state index contributed by atoms with van der Waals surface area (Å²) < 4.78 is 55.2. The SMILES string of the molecule is CC[C@H](NC(=O)C(O)CS(=O)(=O)Cc1ccccc1OC(F)F)C(=O)c1nc2ccccc2s1. The van der Waals surface area contributed by atoms with Gasteiger partial charge in [0.1, 0.15) is 11.9 Å². The number of hydrogen-bond donors (Lipinski definition) is 2. The van der Waals surface area contributed by atoms with Crippen LogP contribution in [0.2, 0.25) is 0 Å². The summed E-state index contributed by atoms with van der Waals surface area (Å²) in [4.78, 5) is 29.5. The van der Waals surface area contributed by atoms with Gasteiger partial charge in [-0.25, -0.2) is 13.4 Å². The average Bonchev–Trinajstić information content (AvgIpc) is 3.21. The number of benzene rings is 2. The molecule has 8 nitrogen and oxygen atoms in total. The minimum Gasteiger partial charge on any atom is -0.435 e. The number of halogens is 2. The Morgan fingerprint density at radius 3 is 2.50 bits per heavy atom. The molecule has 3 aromatic rings. The highest BCUT2D eigenvalue weighted by Crippen LogP contribution is 2.24. The van der Waals surface area contributed by atoms with Crippen molar-refractivity contribution in [2.45, 2.75) is 37.9 Å². The quantitative estimate of drug-likeness (QED) is 0.379. The standard InChI is InChI=1S/C22H22F2N2O6S2/c1-2-14(19(28)21-26-15-8-4-6-10-18(15)33-21)25-20(29)16(27)12-34(30,31)11-13-7-3-5-9-17(13)32-22(23)24/h3-10,14,16,22,27H,2,11-12H2,1H3,(H,25,29)/t14-,16?/m0/s1. The molecule has 12 heteroatoms. The van der Waals surface area contributed by atoms with Crippen LogP contribution in [0.1, 0.15) is 28.7 Å². The third kappa shape index (κ3) is 6.55. The lowest BCUT2D eigenvalue weighted by Crippen LogP contribution is -2.47. The number of carbonyl (C=O) groups is 2. The van der Waals surface area contributed by atoms with Gasteiger partial charge < -0.3 is 15.2 Å².